The maximum absolute atomic E-state index is 2.44. The van der Waals surface area contributed by atoms with E-state index in [1.807, 2.05) is 0 Å². The van der Waals surface area contributed by atoms with Crippen molar-refractivity contribution in [3.05, 3.63) is 338 Å². The van der Waals surface area contributed by atoms with Crippen molar-refractivity contribution in [2.45, 2.75) is 5.41 Å². The summed E-state index contributed by atoms with van der Waals surface area (Å²) in [4.78, 5) is 4.87. The third kappa shape index (κ3) is 7.48. The Bertz CT molecular complexity index is 4470. The van der Waals surface area contributed by atoms with Crippen LogP contribution in [-0.2, 0) is 5.41 Å². The summed E-state index contributed by atoms with van der Waals surface area (Å²) in [6, 6.07) is 116. The third-order valence-electron chi connectivity index (χ3n) is 16.5. The molecular formula is C77H52N2. The van der Waals surface area contributed by atoms with Gasteiger partial charge in [-0.25, -0.2) is 0 Å². The highest BCUT2D eigenvalue weighted by molar-refractivity contribution is 6.28. The largest absolute Gasteiger partial charge is 0.310 e. The van der Waals surface area contributed by atoms with Crippen LogP contribution in [0.3, 0.4) is 0 Å². The van der Waals surface area contributed by atoms with E-state index in [9.17, 15) is 0 Å². The molecule has 14 aromatic rings. The van der Waals surface area contributed by atoms with Gasteiger partial charge in [0.25, 0.3) is 0 Å². The first-order chi connectivity index (χ1) is 39.2. The minimum absolute atomic E-state index is 0.480. The second kappa shape index (κ2) is 19.1. The molecule has 14 aromatic carbocycles. The molecule has 0 radical (unpaired) electrons. The number of fused-ring (bicyclic) bond motifs is 3. The van der Waals surface area contributed by atoms with Crippen LogP contribution in [0.2, 0.25) is 0 Å². The highest BCUT2D eigenvalue weighted by Crippen LogP contribution is 2.57. The fourth-order valence-electron chi connectivity index (χ4n) is 13.1. The molecule has 0 N–H and O–H groups in total. The van der Waals surface area contributed by atoms with Gasteiger partial charge in [-0.05, 0) is 149 Å². The topological polar surface area (TPSA) is 6.48 Å². The maximum Gasteiger partial charge on any atom is 0.0713 e. The molecule has 370 valence electrons. The molecule has 0 unspecified atom stereocenters. The molecule has 0 spiro atoms. The summed E-state index contributed by atoms with van der Waals surface area (Å²) in [5.74, 6) is 0. The molecule has 0 saturated carbocycles. The molecule has 0 aromatic heterocycles. The van der Waals surface area contributed by atoms with Crippen LogP contribution < -0.4 is 9.80 Å². The number of rotatable bonds is 11. The lowest BCUT2D eigenvalue weighted by Crippen LogP contribution is -2.28. The van der Waals surface area contributed by atoms with Gasteiger partial charge >= 0.3 is 0 Å². The molecule has 0 heterocycles. The van der Waals surface area contributed by atoms with Gasteiger partial charge < -0.3 is 9.80 Å². The first-order valence-corrected chi connectivity index (χ1v) is 27.3. The van der Waals surface area contributed by atoms with Gasteiger partial charge in [-0.3, -0.25) is 0 Å². The van der Waals surface area contributed by atoms with Gasteiger partial charge in [0.1, 0.15) is 0 Å². The van der Waals surface area contributed by atoms with E-state index in [0.29, 0.717) is 0 Å². The Morgan fingerprint density at radius 2 is 0.544 bits per heavy atom. The summed E-state index contributed by atoms with van der Waals surface area (Å²) in [6.07, 6.45) is 0. The van der Waals surface area contributed by atoms with Crippen molar-refractivity contribution in [2.75, 3.05) is 9.80 Å². The lowest BCUT2D eigenvalue weighted by molar-refractivity contribution is 0.768. The average Bonchev–Trinajstić information content (AvgIpc) is 3.52. The van der Waals surface area contributed by atoms with Crippen LogP contribution in [0.5, 0.6) is 0 Å². The number of para-hydroxylation sites is 2. The smallest absolute Gasteiger partial charge is 0.0713 e. The zero-order valence-corrected chi connectivity index (χ0v) is 43.4. The van der Waals surface area contributed by atoms with E-state index in [1.54, 1.807) is 0 Å². The van der Waals surface area contributed by atoms with E-state index >= 15 is 0 Å². The Balaban J connectivity index is 0.858. The lowest BCUT2D eigenvalue weighted by Gasteiger charge is -2.34. The molecule has 79 heavy (non-hydrogen) atoms. The van der Waals surface area contributed by atoms with Crippen molar-refractivity contribution in [1.82, 2.24) is 0 Å². The minimum Gasteiger partial charge on any atom is -0.310 e. The number of benzene rings is 14. The summed E-state index contributed by atoms with van der Waals surface area (Å²) in [5, 5.41) is 7.33. The first kappa shape index (κ1) is 46.1. The third-order valence-corrected chi connectivity index (χ3v) is 16.5. The molecule has 0 fully saturated rings. The van der Waals surface area contributed by atoms with E-state index in [-0.39, 0.29) is 0 Å². The van der Waals surface area contributed by atoms with Crippen molar-refractivity contribution in [3.63, 3.8) is 0 Å². The zero-order valence-electron chi connectivity index (χ0n) is 43.4. The van der Waals surface area contributed by atoms with Crippen LogP contribution in [0.15, 0.2) is 315 Å². The van der Waals surface area contributed by atoms with Gasteiger partial charge in [0.15, 0.2) is 0 Å². The van der Waals surface area contributed by atoms with E-state index < -0.39 is 5.41 Å². The Morgan fingerprint density at radius 1 is 0.215 bits per heavy atom. The molecule has 0 aliphatic heterocycles. The molecule has 0 atom stereocenters. The molecule has 0 saturated heterocycles. The van der Waals surface area contributed by atoms with Crippen LogP contribution in [0.4, 0.5) is 34.1 Å². The summed E-state index contributed by atoms with van der Waals surface area (Å²) >= 11 is 0. The minimum atomic E-state index is -0.480. The van der Waals surface area contributed by atoms with Gasteiger partial charge in [-0.15, -0.1) is 0 Å². The monoisotopic (exact) mass is 1000 g/mol. The van der Waals surface area contributed by atoms with Crippen LogP contribution in [0.25, 0.3) is 76.8 Å². The second-order valence-electron chi connectivity index (χ2n) is 20.7. The summed E-state index contributed by atoms with van der Waals surface area (Å²) in [5.41, 5.74) is 21.1. The zero-order chi connectivity index (χ0) is 52.3. The molecule has 0 bridgehead atoms. The van der Waals surface area contributed by atoms with Crippen molar-refractivity contribution in [1.29, 1.82) is 0 Å². The lowest BCUT2D eigenvalue weighted by atomic mass is 9.68. The summed E-state index contributed by atoms with van der Waals surface area (Å²) in [6.45, 7) is 0. The molecular weight excluding hydrogens is 953 g/mol. The van der Waals surface area contributed by atoms with Crippen molar-refractivity contribution < 1.29 is 0 Å². The van der Waals surface area contributed by atoms with Gasteiger partial charge in [-0.2, -0.15) is 0 Å². The number of nitrogens with zero attached hydrogens (tertiary/aromatic N) is 2. The Kier molecular flexibility index (Phi) is 11.1. The molecule has 15 rings (SSSR count). The first-order valence-electron chi connectivity index (χ1n) is 27.3. The van der Waals surface area contributed by atoms with Gasteiger partial charge in [-0.1, -0.05) is 255 Å². The SMILES string of the molecule is c1ccc(-c2ccccc2-c2ccccc2-c2ccc(N(c3ccccc3)c3ccc4ccc5c(N(c6ccccc6)c6ccc(C7(c8ccccc8)c8ccccc8-c8ccccc87)cc6)ccc6ccc3c4c65)cc2)cc1. The number of anilines is 6. The van der Waals surface area contributed by atoms with Gasteiger partial charge in [0, 0.05) is 33.5 Å². The van der Waals surface area contributed by atoms with Crippen LogP contribution in [-0.4, -0.2) is 0 Å². The summed E-state index contributed by atoms with van der Waals surface area (Å²) in [7, 11) is 0. The van der Waals surface area contributed by atoms with Gasteiger partial charge in [0.05, 0.1) is 16.8 Å². The van der Waals surface area contributed by atoms with Crippen molar-refractivity contribution in [3.8, 4) is 44.5 Å². The van der Waals surface area contributed by atoms with E-state index in [2.05, 4.69) is 325 Å². The van der Waals surface area contributed by atoms with E-state index in [0.717, 1.165) is 34.1 Å². The second-order valence-corrected chi connectivity index (χ2v) is 20.7. The van der Waals surface area contributed by atoms with Crippen LogP contribution in [0.1, 0.15) is 22.3 Å². The molecule has 1 aliphatic rings. The van der Waals surface area contributed by atoms with Crippen LogP contribution in [0, 0.1) is 0 Å². The van der Waals surface area contributed by atoms with E-state index in [1.165, 1.54) is 99.1 Å². The summed E-state index contributed by atoms with van der Waals surface area (Å²) < 4.78 is 0. The quantitative estimate of drug-likeness (QED) is 0.119. The van der Waals surface area contributed by atoms with Gasteiger partial charge in [0.2, 0.25) is 0 Å². The Hall–Kier alpha value is -10.3. The standard InChI is InChI=1S/C77H52N2/c1-5-21-53(22-6-1)63-29-13-15-31-65(63)66-32-16-14-30-64(66)54-37-45-61(46-38-54)78(59-25-9-3-10-26-59)73-51-41-55-40-50-70-74(52-42-56-39-49-69(73)75(55)76(56)70)79(60-27-11-4-12-28-60)62-47-43-58(44-48-62)77(57-23-7-2-8-24-57)71-35-19-17-33-67(71)68-34-18-20-36-72(68)77/h1-52H. The fourth-order valence-corrected chi connectivity index (χ4v) is 13.1. The number of hydrogen-bond acceptors (Lipinski definition) is 2. The predicted molar refractivity (Wildman–Crippen MR) is 333 cm³/mol. The molecule has 1 aliphatic carbocycles. The highest BCUT2D eigenvalue weighted by Gasteiger charge is 2.46. The average molecular weight is 1010 g/mol. The van der Waals surface area contributed by atoms with Crippen molar-refractivity contribution in [2.24, 2.45) is 0 Å². The fraction of sp³-hybridized carbons (Fsp3) is 0.0130. The maximum atomic E-state index is 2.44. The normalized spacial score (nSPS) is 12.4. The number of hydrogen-bond donors (Lipinski definition) is 0. The van der Waals surface area contributed by atoms with E-state index in [4.69, 9.17) is 0 Å². The Morgan fingerprint density at radius 3 is 1.01 bits per heavy atom. The van der Waals surface area contributed by atoms with Crippen molar-refractivity contribution >= 4 is 66.4 Å². The highest BCUT2D eigenvalue weighted by atomic mass is 15.1. The molecule has 2 heteroatoms. The molecule has 0 amide bonds. The van der Waals surface area contributed by atoms with Crippen LogP contribution >= 0.6 is 0 Å². The predicted octanol–water partition coefficient (Wildman–Crippen LogP) is 20.9. The Labute approximate surface area is 461 Å². The molecule has 2 nitrogen and oxygen atoms in total.